The Kier molecular flexibility index (Phi) is 8.04. The highest BCUT2D eigenvalue weighted by Gasteiger charge is 2.28. The molecule has 1 saturated heterocycles. The van der Waals surface area contributed by atoms with E-state index in [9.17, 15) is 4.79 Å². The van der Waals surface area contributed by atoms with Crippen LogP contribution in [0.25, 0.3) is 0 Å². The predicted octanol–water partition coefficient (Wildman–Crippen LogP) is 3.51. The van der Waals surface area contributed by atoms with E-state index in [1.165, 1.54) is 5.56 Å². The number of nitrogens with one attached hydrogen (secondary N) is 2. The Balaban J connectivity index is 0.00000288. The van der Waals surface area contributed by atoms with Crippen LogP contribution >= 0.6 is 12.4 Å². The van der Waals surface area contributed by atoms with Crippen LogP contribution in [0.1, 0.15) is 52.0 Å². The summed E-state index contributed by atoms with van der Waals surface area (Å²) in [6.45, 7) is 11.1. The van der Waals surface area contributed by atoms with E-state index in [4.69, 9.17) is 4.74 Å². The minimum absolute atomic E-state index is 0. The SMILES string of the molecule is CC(Oc1cccc(C(C)C)c1)C(=O)NCC1(C)CCNCC1.Cl. The molecule has 0 aliphatic carbocycles. The van der Waals surface area contributed by atoms with E-state index < -0.39 is 6.10 Å². The lowest BCUT2D eigenvalue weighted by Gasteiger charge is -2.34. The first-order valence-electron chi connectivity index (χ1n) is 8.65. The highest BCUT2D eigenvalue weighted by Crippen LogP contribution is 2.26. The van der Waals surface area contributed by atoms with Gasteiger partial charge in [-0.1, -0.05) is 32.9 Å². The maximum atomic E-state index is 12.3. The summed E-state index contributed by atoms with van der Waals surface area (Å²) in [5.74, 6) is 1.16. The van der Waals surface area contributed by atoms with Gasteiger partial charge in [-0.3, -0.25) is 4.79 Å². The molecular formula is C19H31ClN2O2. The van der Waals surface area contributed by atoms with Crippen LogP contribution < -0.4 is 15.4 Å². The normalized spacial score (nSPS) is 17.7. The van der Waals surface area contributed by atoms with Gasteiger partial charge >= 0.3 is 0 Å². The number of halogens is 1. The van der Waals surface area contributed by atoms with Crippen LogP contribution in [-0.4, -0.2) is 31.6 Å². The largest absolute Gasteiger partial charge is 0.481 e. The summed E-state index contributed by atoms with van der Waals surface area (Å²) in [6.07, 6.45) is 1.71. The average Bonchev–Trinajstić information content (AvgIpc) is 2.53. The molecule has 0 bridgehead atoms. The molecule has 0 aromatic heterocycles. The molecule has 24 heavy (non-hydrogen) atoms. The third-order valence-corrected chi connectivity index (χ3v) is 4.71. The molecule has 1 amide bonds. The van der Waals surface area contributed by atoms with E-state index in [-0.39, 0.29) is 23.7 Å². The standard InChI is InChI=1S/C19H30N2O2.ClH/c1-14(2)16-6-5-7-17(12-16)23-15(3)18(22)21-13-19(4)8-10-20-11-9-19;/h5-7,12,14-15,20H,8-11,13H2,1-4H3,(H,21,22);1H. The number of carbonyl (C=O) groups is 1. The molecule has 0 radical (unpaired) electrons. The monoisotopic (exact) mass is 354 g/mol. The van der Waals surface area contributed by atoms with Gasteiger partial charge in [0.1, 0.15) is 5.75 Å². The van der Waals surface area contributed by atoms with Gasteiger partial charge in [-0.2, -0.15) is 0 Å². The smallest absolute Gasteiger partial charge is 0.260 e. The number of hydrogen-bond acceptors (Lipinski definition) is 3. The third-order valence-electron chi connectivity index (χ3n) is 4.71. The number of hydrogen-bond donors (Lipinski definition) is 2. The fourth-order valence-corrected chi connectivity index (χ4v) is 2.86. The second kappa shape index (κ2) is 9.28. The van der Waals surface area contributed by atoms with E-state index in [0.29, 0.717) is 12.5 Å². The van der Waals surface area contributed by atoms with Crippen molar-refractivity contribution < 1.29 is 9.53 Å². The predicted molar refractivity (Wildman–Crippen MR) is 101 cm³/mol. The van der Waals surface area contributed by atoms with Gasteiger partial charge in [-0.05, 0) is 61.9 Å². The van der Waals surface area contributed by atoms with Crippen LogP contribution in [0, 0.1) is 5.41 Å². The van der Waals surface area contributed by atoms with Crippen molar-refractivity contribution in [2.45, 2.75) is 52.6 Å². The van der Waals surface area contributed by atoms with Gasteiger partial charge in [0.15, 0.2) is 6.10 Å². The zero-order valence-corrected chi connectivity index (χ0v) is 16.0. The number of rotatable bonds is 6. The molecule has 5 heteroatoms. The lowest BCUT2D eigenvalue weighted by Crippen LogP contribution is -2.45. The fourth-order valence-electron chi connectivity index (χ4n) is 2.86. The number of benzene rings is 1. The number of piperidine rings is 1. The molecule has 2 rings (SSSR count). The molecule has 136 valence electrons. The number of amides is 1. The maximum Gasteiger partial charge on any atom is 0.260 e. The topological polar surface area (TPSA) is 50.4 Å². The Morgan fingerprint density at radius 3 is 2.58 bits per heavy atom. The van der Waals surface area contributed by atoms with Crippen LogP contribution in [0.3, 0.4) is 0 Å². The summed E-state index contributed by atoms with van der Waals surface area (Å²) in [5.41, 5.74) is 1.41. The highest BCUT2D eigenvalue weighted by molar-refractivity contribution is 5.85. The van der Waals surface area contributed by atoms with Crippen molar-refractivity contribution in [3.05, 3.63) is 29.8 Å². The molecule has 0 saturated carbocycles. The van der Waals surface area contributed by atoms with Gasteiger partial charge in [0.05, 0.1) is 0 Å². The molecule has 1 unspecified atom stereocenters. The van der Waals surface area contributed by atoms with Gasteiger partial charge < -0.3 is 15.4 Å². The van der Waals surface area contributed by atoms with Crippen molar-refractivity contribution in [1.29, 1.82) is 0 Å². The Labute approximate surface area is 152 Å². The summed E-state index contributed by atoms with van der Waals surface area (Å²) in [6, 6.07) is 7.98. The Bertz CT molecular complexity index is 528. The van der Waals surface area contributed by atoms with E-state index >= 15 is 0 Å². The lowest BCUT2D eigenvalue weighted by molar-refractivity contribution is -0.127. The minimum atomic E-state index is -0.484. The van der Waals surface area contributed by atoms with E-state index in [1.54, 1.807) is 0 Å². The summed E-state index contributed by atoms with van der Waals surface area (Å²) in [5, 5.41) is 6.42. The molecule has 1 atom stereocenters. The van der Waals surface area contributed by atoms with Gasteiger partial charge in [0.25, 0.3) is 5.91 Å². The number of carbonyl (C=O) groups excluding carboxylic acids is 1. The second-order valence-corrected chi connectivity index (χ2v) is 7.27. The summed E-state index contributed by atoms with van der Waals surface area (Å²) < 4.78 is 5.82. The molecule has 2 N–H and O–H groups in total. The van der Waals surface area contributed by atoms with Gasteiger partial charge in [-0.25, -0.2) is 0 Å². The van der Waals surface area contributed by atoms with Crippen molar-refractivity contribution in [2.24, 2.45) is 5.41 Å². The third kappa shape index (κ3) is 5.99. The quantitative estimate of drug-likeness (QED) is 0.822. The van der Waals surface area contributed by atoms with E-state index in [0.717, 1.165) is 31.7 Å². The van der Waals surface area contributed by atoms with E-state index in [1.807, 2.05) is 25.1 Å². The van der Waals surface area contributed by atoms with Crippen LogP contribution in [0.15, 0.2) is 24.3 Å². The van der Waals surface area contributed by atoms with Crippen molar-refractivity contribution in [1.82, 2.24) is 10.6 Å². The first-order valence-corrected chi connectivity index (χ1v) is 8.65. The summed E-state index contributed by atoms with van der Waals surface area (Å²) >= 11 is 0. The van der Waals surface area contributed by atoms with Crippen LogP contribution in [0.4, 0.5) is 0 Å². The first-order chi connectivity index (χ1) is 10.9. The van der Waals surface area contributed by atoms with Crippen LogP contribution in [-0.2, 0) is 4.79 Å². The first kappa shape index (κ1) is 20.8. The zero-order valence-electron chi connectivity index (χ0n) is 15.2. The molecule has 1 fully saturated rings. The van der Waals surface area contributed by atoms with Crippen molar-refractivity contribution in [2.75, 3.05) is 19.6 Å². The van der Waals surface area contributed by atoms with Crippen molar-refractivity contribution in [3.8, 4) is 5.75 Å². The molecule has 1 aromatic rings. The maximum absolute atomic E-state index is 12.3. The Morgan fingerprint density at radius 2 is 1.96 bits per heavy atom. The van der Waals surface area contributed by atoms with Crippen LogP contribution in [0.2, 0.25) is 0 Å². The molecule has 4 nitrogen and oxygen atoms in total. The fraction of sp³-hybridized carbons (Fsp3) is 0.632. The summed E-state index contributed by atoms with van der Waals surface area (Å²) in [4.78, 5) is 12.3. The molecule has 0 spiro atoms. The molecular weight excluding hydrogens is 324 g/mol. The van der Waals surface area contributed by atoms with Gasteiger partial charge in [-0.15, -0.1) is 12.4 Å². The van der Waals surface area contributed by atoms with Crippen LogP contribution in [0.5, 0.6) is 5.75 Å². The minimum Gasteiger partial charge on any atom is -0.481 e. The van der Waals surface area contributed by atoms with Gasteiger partial charge in [0.2, 0.25) is 0 Å². The average molecular weight is 355 g/mol. The summed E-state index contributed by atoms with van der Waals surface area (Å²) in [7, 11) is 0. The zero-order chi connectivity index (χ0) is 16.9. The second-order valence-electron chi connectivity index (χ2n) is 7.27. The van der Waals surface area contributed by atoms with E-state index in [2.05, 4.69) is 37.5 Å². The Morgan fingerprint density at radius 1 is 1.29 bits per heavy atom. The van der Waals surface area contributed by atoms with Crippen molar-refractivity contribution >= 4 is 18.3 Å². The molecule has 1 heterocycles. The lowest BCUT2D eigenvalue weighted by atomic mass is 9.81. The van der Waals surface area contributed by atoms with Gasteiger partial charge in [0, 0.05) is 6.54 Å². The Hall–Kier alpha value is -1.26. The molecule has 1 aromatic carbocycles. The highest BCUT2D eigenvalue weighted by atomic mass is 35.5. The molecule has 1 aliphatic heterocycles. The number of ether oxygens (including phenoxy) is 1. The van der Waals surface area contributed by atoms with Crippen molar-refractivity contribution in [3.63, 3.8) is 0 Å². The molecule has 1 aliphatic rings.